The molecule has 0 spiro atoms. The van der Waals surface area contributed by atoms with E-state index in [-0.39, 0.29) is 0 Å². The highest BCUT2D eigenvalue weighted by molar-refractivity contribution is 5.71. The lowest BCUT2D eigenvalue weighted by Gasteiger charge is -2.10. The van der Waals surface area contributed by atoms with E-state index >= 15 is 0 Å². The molecule has 3 heteroatoms. The van der Waals surface area contributed by atoms with Crippen LogP contribution in [0, 0.1) is 5.92 Å². The zero-order valence-electron chi connectivity index (χ0n) is 11.0. The summed E-state index contributed by atoms with van der Waals surface area (Å²) in [5.74, 6) is 1.42. The van der Waals surface area contributed by atoms with Crippen LogP contribution >= 0.6 is 0 Å². The molecule has 1 saturated carbocycles. The van der Waals surface area contributed by atoms with Crippen molar-refractivity contribution in [3.8, 4) is 5.75 Å². The number of anilines is 1. The topological polar surface area (TPSA) is 58.3 Å². The van der Waals surface area contributed by atoms with Crippen LogP contribution in [0.1, 0.15) is 17.0 Å². The SMILES string of the molecule is Nc1ccc(C2=CC3C(N2)C3c2ccc(O)cc2)cc1. The van der Waals surface area contributed by atoms with Crippen molar-refractivity contribution in [3.05, 3.63) is 65.7 Å². The van der Waals surface area contributed by atoms with E-state index in [0.29, 0.717) is 23.6 Å². The molecule has 1 aliphatic carbocycles. The normalized spacial score (nSPS) is 26.6. The lowest BCUT2D eigenvalue weighted by molar-refractivity contribution is 0.475. The fourth-order valence-electron chi connectivity index (χ4n) is 3.12. The lowest BCUT2D eigenvalue weighted by Crippen LogP contribution is -2.13. The van der Waals surface area contributed by atoms with Gasteiger partial charge in [0.1, 0.15) is 5.75 Å². The molecular formula is C17H16N2O. The second-order valence-electron chi connectivity index (χ2n) is 5.57. The fourth-order valence-corrected chi connectivity index (χ4v) is 3.12. The van der Waals surface area contributed by atoms with Gasteiger partial charge in [-0.15, -0.1) is 0 Å². The summed E-state index contributed by atoms with van der Waals surface area (Å²) in [6, 6.07) is 16.0. The number of aromatic hydroxyl groups is 1. The first kappa shape index (κ1) is 11.4. The van der Waals surface area contributed by atoms with Crippen molar-refractivity contribution in [1.29, 1.82) is 0 Å². The summed E-state index contributed by atoms with van der Waals surface area (Å²) in [5, 5.41) is 12.9. The number of rotatable bonds is 2. The Morgan fingerprint density at radius 2 is 1.65 bits per heavy atom. The van der Waals surface area contributed by atoms with Crippen molar-refractivity contribution < 1.29 is 5.11 Å². The van der Waals surface area contributed by atoms with Crippen LogP contribution in [-0.4, -0.2) is 11.1 Å². The summed E-state index contributed by atoms with van der Waals surface area (Å²) < 4.78 is 0. The molecule has 4 rings (SSSR count). The maximum Gasteiger partial charge on any atom is 0.115 e. The molecule has 0 bridgehead atoms. The summed E-state index contributed by atoms with van der Waals surface area (Å²) in [6.45, 7) is 0. The van der Waals surface area contributed by atoms with Gasteiger partial charge in [-0.2, -0.15) is 0 Å². The summed E-state index contributed by atoms with van der Waals surface area (Å²) in [7, 11) is 0. The second-order valence-corrected chi connectivity index (χ2v) is 5.57. The Morgan fingerprint density at radius 3 is 2.25 bits per heavy atom. The van der Waals surface area contributed by atoms with Crippen molar-refractivity contribution in [3.63, 3.8) is 0 Å². The standard InChI is InChI=1S/C17H16N2O/c18-12-5-1-10(2-6-12)15-9-14-16(17(14)19-15)11-3-7-13(20)8-4-11/h1-9,14,16-17,19-20H,18H2. The average Bonchev–Trinajstić information content (AvgIpc) is 2.95. The van der Waals surface area contributed by atoms with Crippen molar-refractivity contribution in [2.24, 2.45) is 5.92 Å². The van der Waals surface area contributed by atoms with Crippen molar-refractivity contribution in [1.82, 2.24) is 5.32 Å². The van der Waals surface area contributed by atoms with E-state index in [1.807, 2.05) is 24.3 Å². The highest BCUT2D eigenvalue weighted by Gasteiger charge is 2.53. The monoisotopic (exact) mass is 264 g/mol. The van der Waals surface area contributed by atoms with Crippen molar-refractivity contribution >= 4 is 11.4 Å². The fraction of sp³-hybridized carbons (Fsp3) is 0.176. The van der Waals surface area contributed by atoms with Crippen LogP contribution in [0.2, 0.25) is 0 Å². The number of fused-ring (bicyclic) bond motifs is 1. The Bertz CT molecular complexity index is 673. The number of phenols is 1. The maximum absolute atomic E-state index is 9.34. The first-order chi connectivity index (χ1) is 9.72. The van der Waals surface area contributed by atoms with E-state index in [2.05, 4.69) is 23.5 Å². The lowest BCUT2D eigenvalue weighted by atomic mass is 10.1. The van der Waals surface area contributed by atoms with Gasteiger partial charge in [-0.1, -0.05) is 30.3 Å². The molecule has 3 unspecified atom stereocenters. The zero-order chi connectivity index (χ0) is 13.7. The minimum Gasteiger partial charge on any atom is -0.508 e. The van der Waals surface area contributed by atoms with E-state index in [4.69, 9.17) is 5.73 Å². The maximum atomic E-state index is 9.34. The molecule has 1 aliphatic heterocycles. The molecule has 0 saturated heterocycles. The zero-order valence-corrected chi connectivity index (χ0v) is 11.0. The third-order valence-corrected chi connectivity index (χ3v) is 4.26. The Hall–Kier alpha value is -2.42. The van der Waals surface area contributed by atoms with Crippen LogP contribution < -0.4 is 11.1 Å². The Kier molecular flexibility index (Phi) is 2.30. The minimum absolute atomic E-state index is 0.325. The van der Waals surface area contributed by atoms with Crippen LogP contribution in [0.25, 0.3) is 5.70 Å². The van der Waals surface area contributed by atoms with Crippen LogP contribution in [0.3, 0.4) is 0 Å². The molecule has 3 atom stereocenters. The third kappa shape index (κ3) is 1.74. The summed E-state index contributed by atoms with van der Waals surface area (Å²) in [6.07, 6.45) is 2.31. The van der Waals surface area contributed by atoms with Crippen LogP contribution in [0.5, 0.6) is 5.75 Å². The van der Waals surface area contributed by atoms with Crippen LogP contribution in [-0.2, 0) is 0 Å². The van der Waals surface area contributed by atoms with Crippen molar-refractivity contribution in [2.75, 3.05) is 5.73 Å². The molecule has 100 valence electrons. The van der Waals surface area contributed by atoms with Gasteiger partial charge in [0.15, 0.2) is 0 Å². The Morgan fingerprint density at radius 1 is 0.950 bits per heavy atom. The average molecular weight is 264 g/mol. The van der Waals surface area contributed by atoms with Gasteiger partial charge in [-0.05, 0) is 35.4 Å². The molecule has 0 radical (unpaired) electrons. The molecule has 4 N–H and O–H groups in total. The molecule has 0 amide bonds. The van der Waals surface area contributed by atoms with Gasteiger partial charge in [-0.3, -0.25) is 0 Å². The molecule has 3 nitrogen and oxygen atoms in total. The van der Waals surface area contributed by atoms with Gasteiger partial charge in [0.05, 0.1) is 0 Å². The number of hydrogen-bond donors (Lipinski definition) is 3. The number of nitrogens with two attached hydrogens (primary N) is 1. The van der Waals surface area contributed by atoms with Gasteiger partial charge < -0.3 is 16.2 Å². The minimum atomic E-state index is 0.325. The first-order valence-electron chi connectivity index (χ1n) is 6.85. The van der Waals surface area contributed by atoms with Crippen LogP contribution in [0.4, 0.5) is 5.69 Å². The van der Waals surface area contributed by atoms with Gasteiger partial charge in [0, 0.05) is 29.3 Å². The second kappa shape index (κ2) is 4.04. The molecular weight excluding hydrogens is 248 g/mol. The number of nitrogen functional groups attached to an aromatic ring is 1. The van der Waals surface area contributed by atoms with E-state index in [1.54, 1.807) is 12.1 Å². The van der Waals surface area contributed by atoms with Crippen LogP contribution in [0.15, 0.2) is 54.6 Å². The third-order valence-electron chi connectivity index (χ3n) is 4.26. The predicted octanol–water partition coefficient (Wildman–Crippen LogP) is 2.70. The van der Waals surface area contributed by atoms with Gasteiger partial charge in [0.2, 0.25) is 0 Å². The largest absolute Gasteiger partial charge is 0.508 e. The predicted molar refractivity (Wildman–Crippen MR) is 80.1 cm³/mol. The molecule has 2 aliphatic rings. The molecule has 1 fully saturated rings. The first-order valence-corrected chi connectivity index (χ1v) is 6.85. The molecule has 20 heavy (non-hydrogen) atoms. The van der Waals surface area contributed by atoms with E-state index in [0.717, 1.165) is 5.69 Å². The van der Waals surface area contributed by atoms with E-state index in [9.17, 15) is 5.11 Å². The Balaban J connectivity index is 1.54. The number of nitrogens with one attached hydrogen (secondary N) is 1. The molecule has 2 aromatic carbocycles. The van der Waals surface area contributed by atoms with Gasteiger partial charge in [0.25, 0.3) is 0 Å². The van der Waals surface area contributed by atoms with Gasteiger partial charge >= 0.3 is 0 Å². The summed E-state index contributed by atoms with van der Waals surface area (Å²) in [5.41, 5.74) is 10.2. The highest BCUT2D eigenvalue weighted by Crippen LogP contribution is 2.53. The molecule has 2 aromatic rings. The summed E-state index contributed by atoms with van der Waals surface area (Å²) in [4.78, 5) is 0. The number of phenolic OH excluding ortho intramolecular Hbond substituents is 1. The number of hydrogen-bond acceptors (Lipinski definition) is 3. The van der Waals surface area contributed by atoms with Gasteiger partial charge in [-0.25, -0.2) is 0 Å². The van der Waals surface area contributed by atoms with Crippen molar-refractivity contribution in [2.45, 2.75) is 12.0 Å². The summed E-state index contributed by atoms with van der Waals surface area (Å²) >= 11 is 0. The molecule has 0 aromatic heterocycles. The van der Waals surface area contributed by atoms with E-state index < -0.39 is 0 Å². The quantitative estimate of drug-likeness (QED) is 0.731. The number of benzene rings is 2. The Labute approximate surface area is 117 Å². The molecule has 1 heterocycles. The van der Waals surface area contributed by atoms with E-state index in [1.165, 1.54) is 16.8 Å². The highest BCUT2D eigenvalue weighted by atomic mass is 16.3. The smallest absolute Gasteiger partial charge is 0.115 e.